The van der Waals surface area contributed by atoms with Crippen LogP contribution in [0.3, 0.4) is 0 Å². The first-order valence-corrected chi connectivity index (χ1v) is 12.7. The van der Waals surface area contributed by atoms with Crippen LogP contribution in [-0.4, -0.2) is 50.3 Å². The summed E-state index contributed by atoms with van der Waals surface area (Å²) >= 11 is 5.24. The number of aromatic nitrogens is 4. The summed E-state index contributed by atoms with van der Waals surface area (Å²) in [5, 5.41) is 0.851. The van der Waals surface area contributed by atoms with E-state index in [0.717, 1.165) is 51.2 Å². The van der Waals surface area contributed by atoms with Crippen LogP contribution in [0.1, 0.15) is 39.0 Å². The number of nitrogen functional groups attached to an aromatic ring is 1. The largest absolute Gasteiger partial charge is 0.454 e. The summed E-state index contributed by atoms with van der Waals surface area (Å²) in [6, 6.07) is 4.52. The first kappa shape index (κ1) is 21.8. The number of ether oxygens (including phenoxy) is 2. The van der Waals surface area contributed by atoms with Gasteiger partial charge in [0.15, 0.2) is 33.6 Å². The number of rotatable bonds is 7. The zero-order valence-corrected chi connectivity index (χ0v) is 20.5. The maximum atomic E-state index is 6.15. The van der Waals surface area contributed by atoms with Gasteiger partial charge >= 0.3 is 0 Å². The summed E-state index contributed by atoms with van der Waals surface area (Å²) in [6.07, 6.45) is 7.62. The molecule has 0 radical (unpaired) electrons. The van der Waals surface area contributed by atoms with E-state index in [4.69, 9.17) is 20.2 Å². The molecule has 8 nitrogen and oxygen atoms in total. The van der Waals surface area contributed by atoms with Crippen molar-refractivity contribution in [3.8, 4) is 11.5 Å². The second-order valence-electron chi connectivity index (χ2n) is 8.19. The molecule has 2 aliphatic heterocycles. The van der Waals surface area contributed by atoms with Gasteiger partial charge in [0.25, 0.3) is 0 Å². The molecule has 1 aromatic carbocycles. The fraction of sp³-hybridized carbons (Fsp3) is 0.500. The smallest absolute Gasteiger partial charge is 0.231 e. The lowest BCUT2D eigenvalue weighted by molar-refractivity contribution is 0.136. The van der Waals surface area contributed by atoms with Gasteiger partial charge in [-0.25, -0.2) is 15.0 Å². The zero-order valence-electron chi connectivity index (χ0n) is 18.1. The van der Waals surface area contributed by atoms with Crippen LogP contribution in [0.5, 0.6) is 11.5 Å². The molecule has 5 rings (SSSR count). The molecular weight excluding hydrogens is 492 g/mol. The van der Waals surface area contributed by atoms with Gasteiger partial charge in [-0.05, 0) is 66.8 Å². The van der Waals surface area contributed by atoms with E-state index in [-0.39, 0.29) is 6.79 Å². The molecule has 3 aromatic rings. The summed E-state index contributed by atoms with van der Waals surface area (Å²) in [7, 11) is 0. The van der Waals surface area contributed by atoms with Crippen LogP contribution >= 0.6 is 27.7 Å². The highest BCUT2D eigenvalue weighted by Crippen LogP contribution is 2.43. The fourth-order valence-corrected chi connectivity index (χ4v) is 6.04. The monoisotopic (exact) mass is 518 g/mol. The van der Waals surface area contributed by atoms with Crippen molar-refractivity contribution in [1.82, 2.24) is 24.4 Å². The molecule has 4 heterocycles. The summed E-state index contributed by atoms with van der Waals surface area (Å²) in [6.45, 7) is 5.70. The highest BCUT2D eigenvalue weighted by atomic mass is 79.9. The molecule has 2 aliphatic rings. The van der Waals surface area contributed by atoms with Crippen molar-refractivity contribution in [2.24, 2.45) is 0 Å². The molecule has 2 N–H and O–H groups in total. The number of imidazole rings is 1. The molecule has 32 heavy (non-hydrogen) atoms. The van der Waals surface area contributed by atoms with Gasteiger partial charge in [0.05, 0.1) is 0 Å². The van der Waals surface area contributed by atoms with Gasteiger partial charge in [-0.1, -0.05) is 25.1 Å². The number of piperidine rings is 1. The van der Waals surface area contributed by atoms with E-state index in [0.29, 0.717) is 17.4 Å². The van der Waals surface area contributed by atoms with Crippen molar-refractivity contribution >= 4 is 44.7 Å². The second-order valence-corrected chi connectivity index (χ2v) is 10.1. The molecule has 10 heteroatoms. The maximum absolute atomic E-state index is 6.15. The van der Waals surface area contributed by atoms with E-state index in [1.807, 2.05) is 12.1 Å². The number of nitrogens with two attached hydrogens (primary N) is 1. The normalized spacial score (nSPS) is 18.5. The minimum Gasteiger partial charge on any atom is -0.454 e. The van der Waals surface area contributed by atoms with Gasteiger partial charge in [-0.3, -0.25) is 0 Å². The average Bonchev–Trinajstić information content (AvgIpc) is 3.38. The topological polar surface area (TPSA) is 91.3 Å². The van der Waals surface area contributed by atoms with Crippen molar-refractivity contribution in [3.05, 3.63) is 22.9 Å². The number of hydrogen-bond acceptors (Lipinski definition) is 8. The molecule has 1 unspecified atom stereocenters. The minimum atomic E-state index is 0.246. The molecule has 0 amide bonds. The molecule has 170 valence electrons. The number of likely N-dealkylation sites (tertiary alicyclic amines) is 1. The highest BCUT2D eigenvalue weighted by Gasteiger charge is 2.24. The molecule has 1 fully saturated rings. The van der Waals surface area contributed by atoms with Crippen LogP contribution < -0.4 is 15.2 Å². The van der Waals surface area contributed by atoms with Crippen molar-refractivity contribution in [2.75, 3.05) is 25.6 Å². The van der Waals surface area contributed by atoms with Crippen molar-refractivity contribution in [1.29, 1.82) is 0 Å². The average molecular weight is 519 g/mol. The Morgan fingerprint density at radius 3 is 2.88 bits per heavy atom. The Labute approximate surface area is 200 Å². The lowest BCUT2D eigenvalue weighted by atomic mass is 9.99. The van der Waals surface area contributed by atoms with E-state index in [1.165, 1.54) is 38.6 Å². The first-order valence-electron chi connectivity index (χ1n) is 11.1. The predicted molar refractivity (Wildman–Crippen MR) is 128 cm³/mol. The van der Waals surface area contributed by atoms with Gasteiger partial charge in [-0.15, -0.1) is 0 Å². The number of benzene rings is 1. The number of anilines is 1. The Hall–Kier alpha value is -2.04. The minimum absolute atomic E-state index is 0.246. The van der Waals surface area contributed by atoms with Crippen molar-refractivity contribution < 1.29 is 9.47 Å². The SMILES string of the molecule is CCCN1CCCCC1CCn1c(Sc2cc3c(cc2Br)OCO3)nc2c(N)ncnc21. The quantitative estimate of drug-likeness (QED) is 0.480. The number of aryl methyl sites for hydroxylation is 1. The van der Waals surface area contributed by atoms with Crippen LogP contribution in [-0.2, 0) is 6.54 Å². The highest BCUT2D eigenvalue weighted by molar-refractivity contribution is 9.10. The standard InChI is InChI=1S/C22H27BrN6O2S/c1-2-7-28-8-4-3-5-14(28)6-9-29-21-19(20(24)25-12-26-21)27-22(29)32-18-11-17-16(10-15(18)23)30-13-31-17/h10-12,14H,2-9,13H2,1H3,(H2,24,25,26). The van der Waals surface area contributed by atoms with Crippen LogP contribution in [0.15, 0.2) is 33.0 Å². The third-order valence-corrected chi connectivity index (χ3v) is 8.07. The van der Waals surface area contributed by atoms with Crippen LogP contribution in [0.25, 0.3) is 11.2 Å². The Morgan fingerprint density at radius 1 is 1.19 bits per heavy atom. The van der Waals surface area contributed by atoms with E-state index < -0.39 is 0 Å². The van der Waals surface area contributed by atoms with E-state index in [2.05, 4.69) is 42.3 Å². The van der Waals surface area contributed by atoms with Gasteiger partial charge in [0.2, 0.25) is 6.79 Å². The number of fused-ring (bicyclic) bond motifs is 2. The fourth-order valence-electron chi connectivity index (χ4n) is 4.54. The first-order chi connectivity index (χ1) is 15.6. The third-order valence-electron chi connectivity index (χ3n) is 6.10. The van der Waals surface area contributed by atoms with Gasteiger partial charge in [0, 0.05) is 22.0 Å². The molecular formula is C22H27BrN6O2S. The Morgan fingerprint density at radius 2 is 2.03 bits per heavy atom. The summed E-state index contributed by atoms with van der Waals surface area (Å²) < 4.78 is 14.2. The van der Waals surface area contributed by atoms with Gasteiger partial charge in [0.1, 0.15) is 6.33 Å². The summed E-state index contributed by atoms with van der Waals surface area (Å²) in [5.74, 6) is 1.90. The predicted octanol–water partition coefficient (Wildman–Crippen LogP) is 4.71. The molecule has 2 aromatic heterocycles. The van der Waals surface area contributed by atoms with E-state index >= 15 is 0 Å². The van der Waals surface area contributed by atoms with Crippen molar-refractivity contribution in [3.63, 3.8) is 0 Å². The summed E-state index contributed by atoms with van der Waals surface area (Å²) in [5.41, 5.74) is 7.59. The summed E-state index contributed by atoms with van der Waals surface area (Å²) in [4.78, 5) is 17.2. The number of halogens is 1. The van der Waals surface area contributed by atoms with Crippen LogP contribution in [0, 0.1) is 0 Å². The Bertz CT molecular complexity index is 1120. The van der Waals surface area contributed by atoms with E-state index in [1.54, 1.807) is 11.8 Å². The molecule has 0 saturated carbocycles. The Kier molecular flexibility index (Phi) is 6.43. The lowest BCUT2D eigenvalue weighted by Gasteiger charge is -2.35. The molecule has 0 aliphatic carbocycles. The van der Waals surface area contributed by atoms with Gasteiger partial charge < -0.3 is 24.7 Å². The molecule has 1 saturated heterocycles. The lowest BCUT2D eigenvalue weighted by Crippen LogP contribution is -2.40. The number of nitrogens with zero attached hydrogens (tertiary/aromatic N) is 5. The van der Waals surface area contributed by atoms with Gasteiger partial charge in [-0.2, -0.15) is 0 Å². The van der Waals surface area contributed by atoms with E-state index in [9.17, 15) is 0 Å². The molecule has 0 spiro atoms. The second kappa shape index (κ2) is 9.44. The maximum Gasteiger partial charge on any atom is 0.231 e. The molecule has 0 bridgehead atoms. The van der Waals surface area contributed by atoms with Crippen LogP contribution in [0.2, 0.25) is 0 Å². The molecule has 1 atom stereocenters. The Balaban J connectivity index is 1.45. The number of hydrogen-bond donors (Lipinski definition) is 1. The van der Waals surface area contributed by atoms with Crippen molar-refractivity contribution in [2.45, 2.75) is 61.7 Å². The third kappa shape index (κ3) is 4.27. The van der Waals surface area contributed by atoms with Crippen LogP contribution in [0.4, 0.5) is 5.82 Å². The zero-order chi connectivity index (χ0) is 22.1.